The fourth-order valence-electron chi connectivity index (χ4n) is 3.88. The molecule has 5 rings (SSSR count). The van der Waals surface area contributed by atoms with E-state index in [-0.39, 0.29) is 48.3 Å². The Kier molecular flexibility index (Phi) is 7.56. The number of nitrogens with one attached hydrogen (secondary N) is 1. The van der Waals surface area contributed by atoms with Gasteiger partial charge in [-0.1, -0.05) is 11.6 Å². The zero-order chi connectivity index (χ0) is 28.4. The lowest BCUT2D eigenvalue weighted by atomic mass is 10.2. The highest BCUT2D eigenvalue weighted by molar-refractivity contribution is 6.30. The summed E-state index contributed by atoms with van der Waals surface area (Å²) in [5.41, 5.74) is 1.17. The molecule has 0 amide bonds. The van der Waals surface area contributed by atoms with Gasteiger partial charge >= 0.3 is 11.9 Å². The summed E-state index contributed by atoms with van der Waals surface area (Å²) >= 11 is 6.03. The number of halogens is 2. The summed E-state index contributed by atoms with van der Waals surface area (Å²) in [6.45, 7) is -0.478. The van der Waals surface area contributed by atoms with E-state index in [4.69, 9.17) is 21.4 Å². The number of aliphatic carboxylic acids is 1. The highest BCUT2D eigenvalue weighted by Crippen LogP contribution is 2.28. The van der Waals surface area contributed by atoms with E-state index in [0.717, 1.165) is 17.4 Å². The van der Waals surface area contributed by atoms with Gasteiger partial charge in [-0.2, -0.15) is 9.61 Å². The smallest absolute Gasteiger partial charge is 0.307 e. The zero-order valence-corrected chi connectivity index (χ0v) is 21.7. The summed E-state index contributed by atoms with van der Waals surface area (Å²) in [6.07, 6.45) is 4.73. The van der Waals surface area contributed by atoms with Gasteiger partial charge in [-0.15, -0.1) is 0 Å². The number of ether oxygens (including phenoxy) is 1. The van der Waals surface area contributed by atoms with E-state index in [1.165, 1.54) is 41.1 Å². The average molecular weight is 571 g/mol. The fourth-order valence-corrected chi connectivity index (χ4v) is 4.06. The number of esters is 1. The summed E-state index contributed by atoms with van der Waals surface area (Å²) in [7, 11) is 0. The molecule has 0 saturated heterocycles. The lowest BCUT2D eigenvalue weighted by Crippen LogP contribution is -2.20. The maximum Gasteiger partial charge on any atom is 0.307 e. The summed E-state index contributed by atoms with van der Waals surface area (Å²) in [5.74, 6) is -2.67. The number of nitrogens with zero attached hydrogens (tertiary/aromatic N) is 5. The Hall–Kier alpha value is -4.65. The minimum Gasteiger partial charge on any atom is -0.494 e. The molecule has 12 nitrogen and oxygen atoms in total. The van der Waals surface area contributed by atoms with Crippen molar-refractivity contribution in [2.45, 2.75) is 44.9 Å². The number of anilines is 2. The van der Waals surface area contributed by atoms with Crippen molar-refractivity contribution in [1.82, 2.24) is 19.2 Å². The highest BCUT2D eigenvalue weighted by atomic mass is 35.5. The van der Waals surface area contributed by atoms with Crippen molar-refractivity contribution in [2.75, 3.05) is 5.32 Å². The van der Waals surface area contributed by atoms with Crippen LogP contribution in [0.3, 0.4) is 0 Å². The number of carbonyl (C=O) groups excluding carboxylic acids is 1. The molecule has 0 unspecified atom stereocenters. The van der Waals surface area contributed by atoms with E-state index >= 15 is 0 Å². The van der Waals surface area contributed by atoms with Gasteiger partial charge in [0.25, 0.3) is 0 Å². The molecule has 1 aromatic carbocycles. The zero-order valence-electron chi connectivity index (χ0n) is 20.9. The highest BCUT2D eigenvalue weighted by Gasteiger charge is 2.21. The van der Waals surface area contributed by atoms with E-state index in [1.807, 2.05) is 0 Å². The number of hydrogen-bond donors (Lipinski definition) is 4. The Morgan fingerprint density at radius 1 is 1.23 bits per heavy atom. The van der Waals surface area contributed by atoms with Crippen molar-refractivity contribution in [3.8, 4) is 11.8 Å². The summed E-state index contributed by atoms with van der Waals surface area (Å²) in [4.78, 5) is 31.7. The van der Waals surface area contributed by atoms with Crippen molar-refractivity contribution < 1.29 is 34.0 Å². The predicted molar refractivity (Wildman–Crippen MR) is 140 cm³/mol. The van der Waals surface area contributed by atoms with Crippen molar-refractivity contribution >= 4 is 46.8 Å². The van der Waals surface area contributed by atoms with Crippen molar-refractivity contribution in [3.05, 3.63) is 63.6 Å². The quantitative estimate of drug-likeness (QED) is 0.210. The average Bonchev–Trinajstić information content (AvgIpc) is 3.56. The summed E-state index contributed by atoms with van der Waals surface area (Å²) < 4.78 is 21.9. The first-order valence-corrected chi connectivity index (χ1v) is 12.7. The van der Waals surface area contributed by atoms with Crippen molar-refractivity contribution in [3.63, 3.8) is 0 Å². The molecule has 1 saturated carbocycles. The number of aromatic nitrogens is 4. The van der Waals surface area contributed by atoms with Gasteiger partial charge in [-0.3, -0.25) is 14.6 Å². The van der Waals surface area contributed by atoms with Crippen LogP contribution in [0.4, 0.5) is 15.9 Å². The van der Waals surface area contributed by atoms with Crippen LogP contribution in [-0.2, 0) is 21.1 Å². The molecule has 3 heterocycles. The molecule has 208 valence electrons. The van der Waals surface area contributed by atoms with E-state index in [1.54, 1.807) is 6.07 Å². The van der Waals surface area contributed by atoms with E-state index in [0.29, 0.717) is 27.2 Å². The van der Waals surface area contributed by atoms with Gasteiger partial charge in [0.2, 0.25) is 5.88 Å². The first-order valence-electron chi connectivity index (χ1n) is 12.3. The third-order valence-electron chi connectivity index (χ3n) is 6.05. The first-order chi connectivity index (χ1) is 19.2. The lowest BCUT2D eigenvalue weighted by molar-refractivity contribution is -0.148. The molecule has 0 bridgehead atoms. The second-order valence-electron chi connectivity index (χ2n) is 9.19. The number of aromatic hydroxyl groups is 2. The van der Waals surface area contributed by atoms with Crippen molar-refractivity contribution in [1.29, 1.82) is 0 Å². The Morgan fingerprint density at radius 3 is 2.77 bits per heavy atom. The van der Waals surface area contributed by atoms with Gasteiger partial charge in [0, 0.05) is 40.8 Å². The molecule has 4 aromatic rings. The third kappa shape index (κ3) is 6.15. The number of benzene rings is 1. The topological polar surface area (TPSA) is 164 Å². The van der Waals surface area contributed by atoms with E-state index < -0.39 is 24.5 Å². The van der Waals surface area contributed by atoms with Crippen LogP contribution in [-0.4, -0.2) is 52.5 Å². The second kappa shape index (κ2) is 11.2. The Morgan fingerprint density at radius 2 is 2.02 bits per heavy atom. The molecule has 4 N–H and O–H groups in total. The number of rotatable bonds is 10. The molecule has 0 atom stereocenters. The number of carboxylic acid groups (broad SMARTS) is 1. The monoisotopic (exact) mass is 570 g/mol. The standard InChI is InChI=1S/C26H24ClFN6O6/c27-16-4-7-18(28)19(10-16)31-20-11-21(30-17-5-6-17)34-25(32-20)15(12-29-34)8-14-9-22(35)33(26(14)39)13-40-24(38)3-1-2-23(36)37/h4,7-12,17,31,35,39H,1-3,5-6,13H2,(H,36,37). The Balaban J connectivity index is 1.47. The molecule has 1 fully saturated rings. The summed E-state index contributed by atoms with van der Waals surface area (Å²) in [5, 5.41) is 37.8. The second-order valence-corrected chi connectivity index (χ2v) is 9.63. The van der Waals surface area contributed by atoms with Gasteiger partial charge in [0.15, 0.2) is 23.7 Å². The van der Waals surface area contributed by atoms with Gasteiger partial charge in [-0.05, 0) is 43.5 Å². The minimum atomic E-state index is -1.02. The van der Waals surface area contributed by atoms with Gasteiger partial charge in [0.05, 0.1) is 17.9 Å². The molecule has 1 aliphatic carbocycles. The van der Waals surface area contributed by atoms with Crippen LogP contribution in [0.15, 0.2) is 41.5 Å². The molecule has 3 aromatic heterocycles. The Bertz CT molecular complexity index is 1730. The van der Waals surface area contributed by atoms with Crippen molar-refractivity contribution in [2.24, 2.45) is 4.99 Å². The number of fused-ring (bicyclic) bond motifs is 1. The molecule has 14 heteroatoms. The maximum absolute atomic E-state index is 14.4. The number of hydrogen-bond acceptors (Lipinski definition) is 9. The number of carbonyl (C=O) groups is 2. The van der Waals surface area contributed by atoms with Crippen LogP contribution in [0.1, 0.15) is 37.7 Å². The van der Waals surface area contributed by atoms with E-state index in [2.05, 4.69) is 20.4 Å². The lowest BCUT2D eigenvalue weighted by Gasteiger charge is -2.08. The molecular formula is C26H24ClFN6O6. The molecule has 0 aliphatic heterocycles. The van der Waals surface area contributed by atoms with Gasteiger partial charge in [0.1, 0.15) is 11.6 Å². The van der Waals surface area contributed by atoms with Crippen LogP contribution < -0.4 is 16.0 Å². The van der Waals surface area contributed by atoms with Gasteiger partial charge < -0.3 is 25.4 Å². The molecule has 1 aliphatic rings. The minimum absolute atomic E-state index is 0.106. The van der Waals surface area contributed by atoms with Crippen LogP contribution in [0.5, 0.6) is 11.8 Å². The molecular weight excluding hydrogens is 547 g/mol. The molecule has 40 heavy (non-hydrogen) atoms. The predicted octanol–water partition coefficient (Wildman–Crippen LogP) is 2.84. The van der Waals surface area contributed by atoms with Crippen LogP contribution in [0, 0.1) is 5.82 Å². The van der Waals surface area contributed by atoms with Crippen LogP contribution >= 0.6 is 11.6 Å². The summed E-state index contributed by atoms with van der Waals surface area (Å²) in [6, 6.07) is 7.18. The Labute approximate surface area is 230 Å². The molecule has 0 radical (unpaired) electrons. The molecule has 0 spiro atoms. The first kappa shape index (κ1) is 26.9. The fraction of sp³-hybridized carbons (Fsp3) is 0.269. The SMILES string of the molecule is O=C(O)CCCC(=O)OCn1c(O)cc(C=c2cnn3c(=NC4CC4)cc(Nc4cc(Cl)ccc4F)nc23)c1O. The largest absolute Gasteiger partial charge is 0.494 e. The van der Waals surface area contributed by atoms with E-state index in [9.17, 15) is 24.2 Å². The van der Waals surface area contributed by atoms with Crippen LogP contribution in [0.2, 0.25) is 5.02 Å². The maximum atomic E-state index is 14.4. The third-order valence-corrected chi connectivity index (χ3v) is 6.28. The number of carboxylic acids is 1. The van der Waals surface area contributed by atoms with Crippen LogP contribution in [0.25, 0.3) is 11.7 Å². The van der Waals surface area contributed by atoms with Gasteiger partial charge in [-0.25, -0.2) is 13.9 Å². The normalized spacial score (nSPS) is 14.2.